The minimum absolute atomic E-state index is 0.332. The van der Waals surface area contributed by atoms with E-state index in [9.17, 15) is 14.7 Å². The smallest absolute Gasteiger partial charge is 0.335 e. The van der Waals surface area contributed by atoms with E-state index in [1.807, 2.05) is 26.0 Å². The Kier molecular flexibility index (Phi) is 15.6. The van der Waals surface area contributed by atoms with Crippen molar-refractivity contribution in [3.63, 3.8) is 0 Å². The molecule has 1 aliphatic heterocycles. The summed E-state index contributed by atoms with van der Waals surface area (Å²) < 4.78 is 5.00. The number of amides is 1. The van der Waals surface area contributed by atoms with Crippen molar-refractivity contribution in [1.29, 1.82) is 0 Å². The van der Waals surface area contributed by atoms with Gasteiger partial charge in [0.1, 0.15) is 0 Å². The molecule has 1 saturated carbocycles. The normalized spacial score (nSPS) is 16.3. The van der Waals surface area contributed by atoms with Gasteiger partial charge >= 0.3 is 5.97 Å². The standard InChI is InChI=1S/C20H27NO2.C5H9NO2.C4H6/c1-3-5-11-17(15-9-7-6-8-10-15)18-13-12-16(20(22)23)14-19(18)21-4-2;7-5-6-1-3-8-4-2-6;1-3-4-2/h3,5,11-15,21H,4,6-10H2,1-2H3,(H,22,23);5H,1-4H2;3-4H,1-2H2/b5-3+,17-11+;;. The number of ether oxygens (including phenoxy) is 1. The molecule has 0 unspecified atom stereocenters. The summed E-state index contributed by atoms with van der Waals surface area (Å²) in [5.74, 6) is -0.319. The fraction of sp³-hybridized carbons (Fsp3) is 0.448. The summed E-state index contributed by atoms with van der Waals surface area (Å²) in [6.07, 6.45) is 16.8. The van der Waals surface area contributed by atoms with Crippen LogP contribution in [0.5, 0.6) is 0 Å². The van der Waals surface area contributed by atoms with Gasteiger partial charge in [-0.1, -0.05) is 68.9 Å². The van der Waals surface area contributed by atoms with Crippen LogP contribution in [0.3, 0.4) is 0 Å². The summed E-state index contributed by atoms with van der Waals surface area (Å²) >= 11 is 0. The number of nitrogens with one attached hydrogen (secondary N) is 1. The quantitative estimate of drug-likeness (QED) is 0.341. The first kappa shape index (κ1) is 29.9. The monoisotopic (exact) mass is 482 g/mol. The van der Waals surface area contributed by atoms with E-state index in [4.69, 9.17) is 4.74 Å². The first-order valence-electron chi connectivity index (χ1n) is 12.5. The van der Waals surface area contributed by atoms with Gasteiger partial charge in [-0.3, -0.25) is 4.79 Å². The molecule has 2 fully saturated rings. The molecule has 1 amide bonds. The van der Waals surface area contributed by atoms with E-state index in [-0.39, 0.29) is 0 Å². The number of morpholine rings is 1. The number of allylic oxidation sites excluding steroid dienone is 6. The number of nitrogens with zero attached hydrogens (tertiary/aromatic N) is 1. The van der Waals surface area contributed by atoms with E-state index >= 15 is 0 Å². The van der Waals surface area contributed by atoms with Crippen molar-refractivity contribution in [2.45, 2.75) is 46.0 Å². The Labute approximate surface area is 211 Å². The highest BCUT2D eigenvalue weighted by Crippen LogP contribution is 2.38. The van der Waals surface area contributed by atoms with Crippen molar-refractivity contribution >= 4 is 23.6 Å². The predicted octanol–water partition coefficient (Wildman–Crippen LogP) is 6.19. The van der Waals surface area contributed by atoms with Crippen LogP contribution >= 0.6 is 0 Å². The van der Waals surface area contributed by atoms with Crippen molar-refractivity contribution in [2.75, 3.05) is 38.2 Å². The van der Waals surface area contributed by atoms with Crippen LogP contribution in [0.1, 0.15) is 61.9 Å². The van der Waals surface area contributed by atoms with Crippen LogP contribution in [-0.2, 0) is 9.53 Å². The highest BCUT2D eigenvalue weighted by Gasteiger charge is 2.21. The molecule has 2 aliphatic rings. The molecule has 0 spiro atoms. The third-order valence-corrected chi connectivity index (χ3v) is 5.82. The lowest BCUT2D eigenvalue weighted by molar-refractivity contribution is -0.121. The van der Waals surface area contributed by atoms with Crippen molar-refractivity contribution < 1.29 is 19.4 Å². The van der Waals surface area contributed by atoms with Gasteiger partial charge < -0.3 is 20.1 Å². The Morgan fingerprint density at radius 3 is 2.31 bits per heavy atom. The highest BCUT2D eigenvalue weighted by molar-refractivity contribution is 5.91. The minimum Gasteiger partial charge on any atom is -0.478 e. The number of hydrogen-bond acceptors (Lipinski definition) is 4. The average molecular weight is 483 g/mol. The summed E-state index contributed by atoms with van der Waals surface area (Å²) in [5.41, 5.74) is 3.73. The second kappa shape index (κ2) is 18.2. The van der Waals surface area contributed by atoms with Gasteiger partial charge in [0.05, 0.1) is 18.8 Å². The number of hydrogen-bond donors (Lipinski definition) is 2. The third-order valence-electron chi connectivity index (χ3n) is 5.82. The molecule has 1 aromatic carbocycles. The second-order valence-electron chi connectivity index (χ2n) is 8.30. The Bertz CT molecular complexity index is 842. The molecule has 3 rings (SSSR count). The van der Waals surface area contributed by atoms with Crippen LogP contribution < -0.4 is 5.32 Å². The lowest BCUT2D eigenvalue weighted by Gasteiger charge is -2.26. The molecular formula is C29H42N2O4. The third kappa shape index (κ3) is 11.2. The zero-order chi connectivity index (χ0) is 25.9. The minimum atomic E-state index is -0.882. The molecule has 1 aliphatic carbocycles. The number of benzene rings is 1. The van der Waals surface area contributed by atoms with Gasteiger partial charge in [0, 0.05) is 30.9 Å². The predicted molar refractivity (Wildman–Crippen MR) is 146 cm³/mol. The number of carboxylic acids is 1. The Morgan fingerprint density at radius 2 is 1.83 bits per heavy atom. The molecule has 1 heterocycles. The summed E-state index contributed by atoms with van der Waals surface area (Å²) in [5, 5.41) is 12.6. The van der Waals surface area contributed by atoms with E-state index in [1.165, 1.54) is 37.7 Å². The lowest BCUT2D eigenvalue weighted by Crippen LogP contribution is -2.34. The molecule has 1 aromatic rings. The zero-order valence-corrected chi connectivity index (χ0v) is 21.4. The maximum Gasteiger partial charge on any atom is 0.335 e. The van der Waals surface area contributed by atoms with Gasteiger partial charge in [-0.15, -0.1) is 0 Å². The second-order valence-corrected chi connectivity index (χ2v) is 8.30. The van der Waals surface area contributed by atoms with Crippen molar-refractivity contribution in [3.05, 3.63) is 72.9 Å². The van der Waals surface area contributed by atoms with E-state index < -0.39 is 5.97 Å². The largest absolute Gasteiger partial charge is 0.478 e. The Hall–Kier alpha value is -3.12. The Morgan fingerprint density at radius 1 is 1.17 bits per heavy atom. The number of carbonyl (C=O) groups is 2. The first-order chi connectivity index (χ1) is 17.0. The SMILES string of the molecule is C/C=C/C=C(/c1ccc(C(=O)O)cc1NCC)C1CCCCC1.C=CC=C.O=CN1CCOCC1. The van der Waals surface area contributed by atoms with Crippen LogP contribution in [-0.4, -0.2) is 55.2 Å². The van der Waals surface area contributed by atoms with E-state index in [1.54, 1.807) is 29.2 Å². The van der Waals surface area contributed by atoms with Crippen LogP contribution in [0.2, 0.25) is 0 Å². The van der Waals surface area contributed by atoms with E-state index in [0.29, 0.717) is 24.7 Å². The van der Waals surface area contributed by atoms with Crippen LogP contribution in [0.15, 0.2) is 61.7 Å². The fourth-order valence-electron chi connectivity index (χ4n) is 4.01. The van der Waals surface area contributed by atoms with Gasteiger partial charge in [-0.25, -0.2) is 4.79 Å². The van der Waals surface area contributed by atoms with Gasteiger partial charge in [0.25, 0.3) is 0 Å². The molecular weight excluding hydrogens is 440 g/mol. The molecule has 35 heavy (non-hydrogen) atoms. The maximum atomic E-state index is 11.3. The van der Waals surface area contributed by atoms with Gasteiger partial charge in [-0.2, -0.15) is 0 Å². The van der Waals surface area contributed by atoms with Gasteiger partial charge in [0.15, 0.2) is 0 Å². The number of rotatable bonds is 8. The van der Waals surface area contributed by atoms with E-state index in [0.717, 1.165) is 37.3 Å². The molecule has 0 bridgehead atoms. The number of carbonyl (C=O) groups excluding carboxylic acids is 1. The Balaban J connectivity index is 0.000000419. The van der Waals surface area contributed by atoms with Crippen molar-refractivity contribution in [2.24, 2.45) is 5.92 Å². The number of anilines is 1. The summed E-state index contributed by atoms with van der Waals surface area (Å²) in [6.45, 7) is 14.4. The number of carboxylic acid groups (broad SMARTS) is 1. The van der Waals surface area contributed by atoms with Crippen LogP contribution in [0, 0.1) is 5.92 Å². The van der Waals surface area contributed by atoms with Crippen molar-refractivity contribution in [3.8, 4) is 0 Å². The molecule has 6 nitrogen and oxygen atoms in total. The molecule has 0 radical (unpaired) electrons. The molecule has 192 valence electrons. The average Bonchev–Trinajstić information content (AvgIpc) is 2.91. The number of aromatic carboxylic acids is 1. The topological polar surface area (TPSA) is 78.9 Å². The summed E-state index contributed by atoms with van der Waals surface area (Å²) in [4.78, 5) is 23.0. The summed E-state index contributed by atoms with van der Waals surface area (Å²) in [7, 11) is 0. The highest BCUT2D eigenvalue weighted by atomic mass is 16.5. The van der Waals surface area contributed by atoms with Crippen molar-refractivity contribution in [1.82, 2.24) is 4.90 Å². The lowest BCUT2D eigenvalue weighted by atomic mass is 9.80. The molecule has 1 saturated heterocycles. The molecule has 6 heteroatoms. The summed E-state index contributed by atoms with van der Waals surface area (Å²) in [6, 6.07) is 5.43. The molecule has 0 atom stereocenters. The van der Waals surface area contributed by atoms with Crippen LogP contribution in [0.4, 0.5) is 5.69 Å². The van der Waals surface area contributed by atoms with Gasteiger partial charge in [0.2, 0.25) is 6.41 Å². The fourth-order valence-corrected chi connectivity index (χ4v) is 4.01. The maximum absolute atomic E-state index is 11.3. The molecule has 2 N–H and O–H groups in total. The van der Waals surface area contributed by atoms with E-state index in [2.05, 4.69) is 30.6 Å². The van der Waals surface area contributed by atoms with Crippen LogP contribution in [0.25, 0.3) is 5.57 Å². The van der Waals surface area contributed by atoms with Gasteiger partial charge in [-0.05, 0) is 50.3 Å². The zero-order valence-electron chi connectivity index (χ0n) is 21.4. The first-order valence-corrected chi connectivity index (χ1v) is 12.5. The molecule has 0 aromatic heterocycles.